The van der Waals surface area contributed by atoms with Gasteiger partial charge in [-0.25, -0.2) is 9.78 Å². The van der Waals surface area contributed by atoms with Gasteiger partial charge in [0.05, 0.1) is 25.0 Å². The van der Waals surface area contributed by atoms with Gasteiger partial charge in [-0.3, -0.25) is 0 Å². The molecule has 2 aromatic carbocycles. The highest BCUT2D eigenvalue weighted by Crippen LogP contribution is 2.37. The Morgan fingerprint density at radius 3 is 2.47 bits per heavy atom. The maximum Gasteiger partial charge on any atom is 0.416 e. The van der Waals surface area contributed by atoms with E-state index in [-0.39, 0.29) is 19.1 Å². The molecule has 0 aliphatic rings. The first-order valence-electron chi connectivity index (χ1n) is 10.4. The van der Waals surface area contributed by atoms with Gasteiger partial charge in [0.1, 0.15) is 10.8 Å². The predicted octanol–water partition coefficient (Wildman–Crippen LogP) is 6.29. The quantitative estimate of drug-likeness (QED) is 0.269. The molecule has 3 rings (SSSR count). The Hall–Kier alpha value is -2.56. The van der Waals surface area contributed by atoms with E-state index in [1.807, 2.05) is 32.0 Å². The third kappa shape index (κ3) is 6.52. The molecule has 10 heteroatoms. The van der Waals surface area contributed by atoms with Crippen LogP contribution in [0, 0.1) is 0 Å². The number of benzene rings is 2. The van der Waals surface area contributed by atoms with Crippen molar-refractivity contribution in [2.45, 2.75) is 43.2 Å². The van der Waals surface area contributed by atoms with Crippen molar-refractivity contribution >= 4 is 29.1 Å². The number of hydrogen-bond acceptors (Lipinski definition) is 7. The zero-order chi connectivity index (χ0) is 24.9. The van der Waals surface area contributed by atoms with Crippen LogP contribution in [0.4, 0.5) is 13.2 Å². The number of carbonyl (C=O) groups is 1. The summed E-state index contributed by atoms with van der Waals surface area (Å²) < 4.78 is 48.7. The molecule has 0 bridgehead atoms. The van der Waals surface area contributed by atoms with Gasteiger partial charge in [0.25, 0.3) is 0 Å². The molecule has 0 radical (unpaired) electrons. The van der Waals surface area contributed by atoms with Crippen molar-refractivity contribution in [3.63, 3.8) is 0 Å². The Labute approximate surface area is 203 Å². The molecule has 0 saturated carbocycles. The maximum absolute atomic E-state index is 12.8. The van der Waals surface area contributed by atoms with Crippen LogP contribution in [-0.2, 0) is 28.1 Å². The number of esters is 1. The Morgan fingerprint density at radius 1 is 1.18 bits per heavy atom. The number of thioether (sulfide) groups is 1. The Bertz CT molecular complexity index is 1130. The average molecular weight is 512 g/mol. The number of methoxy groups -OCH3 is 1. The van der Waals surface area contributed by atoms with Gasteiger partial charge in [0, 0.05) is 21.1 Å². The van der Waals surface area contributed by atoms with Gasteiger partial charge in [-0.2, -0.15) is 13.2 Å². The van der Waals surface area contributed by atoms with Crippen LogP contribution in [0.2, 0.25) is 0 Å². The second kappa shape index (κ2) is 11.2. The largest absolute Gasteiger partial charge is 0.482 e. The van der Waals surface area contributed by atoms with E-state index in [1.54, 1.807) is 11.8 Å². The minimum atomic E-state index is -4.39. The molecule has 1 N–H and O–H groups in total. The number of aliphatic hydroxyl groups is 1. The van der Waals surface area contributed by atoms with Crippen LogP contribution in [0.15, 0.2) is 47.4 Å². The molecule has 0 unspecified atom stereocenters. The second-order valence-corrected chi connectivity index (χ2v) is 9.76. The van der Waals surface area contributed by atoms with Crippen LogP contribution in [-0.4, -0.2) is 29.8 Å². The lowest BCUT2D eigenvalue weighted by Gasteiger charge is -2.15. The number of alkyl halides is 3. The standard InChI is InChI=1S/C24H24F3NO4S2/c1-14(2)18-10-17(8-9-20(18)32-12-22(30)31-3)33-13-21-19(11-29)28-23(34-21)15-4-6-16(7-5-15)24(25,26)27/h4-10,14,29H,11-13H2,1-3H3. The number of nitrogens with zero attached hydrogens (tertiary/aromatic N) is 1. The van der Waals surface area contributed by atoms with Crippen molar-refractivity contribution in [2.24, 2.45) is 0 Å². The van der Waals surface area contributed by atoms with E-state index in [2.05, 4.69) is 9.72 Å². The predicted molar refractivity (Wildman–Crippen MR) is 126 cm³/mol. The average Bonchev–Trinajstić information content (AvgIpc) is 3.24. The molecule has 5 nitrogen and oxygen atoms in total. The number of thiazole rings is 1. The monoisotopic (exact) mass is 511 g/mol. The SMILES string of the molecule is COC(=O)COc1ccc(SCc2sc(-c3ccc(C(F)(F)F)cc3)nc2CO)cc1C(C)C. The van der Waals surface area contributed by atoms with Crippen LogP contribution < -0.4 is 4.74 Å². The highest BCUT2D eigenvalue weighted by atomic mass is 32.2. The van der Waals surface area contributed by atoms with Crippen LogP contribution >= 0.6 is 23.1 Å². The summed E-state index contributed by atoms with van der Waals surface area (Å²) in [6.45, 7) is 3.62. The van der Waals surface area contributed by atoms with Crippen molar-refractivity contribution in [1.82, 2.24) is 4.98 Å². The highest BCUT2D eigenvalue weighted by Gasteiger charge is 2.30. The maximum atomic E-state index is 12.8. The lowest BCUT2D eigenvalue weighted by atomic mass is 10.0. The molecular formula is C24H24F3NO4S2. The zero-order valence-corrected chi connectivity index (χ0v) is 20.4. The van der Waals surface area contributed by atoms with Crippen LogP contribution in [0.3, 0.4) is 0 Å². The Kier molecular flexibility index (Phi) is 8.62. The summed E-state index contributed by atoms with van der Waals surface area (Å²) in [4.78, 5) is 17.6. The van der Waals surface area contributed by atoms with Crippen molar-refractivity contribution in [3.05, 3.63) is 64.2 Å². The zero-order valence-electron chi connectivity index (χ0n) is 18.8. The molecule has 0 atom stereocenters. The van der Waals surface area contributed by atoms with Gasteiger partial charge in [-0.15, -0.1) is 23.1 Å². The lowest BCUT2D eigenvalue weighted by Crippen LogP contribution is -2.13. The van der Waals surface area contributed by atoms with Gasteiger partial charge in [-0.1, -0.05) is 26.0 Å². The molecule has 34 heavy (non-hydrogen) atoms. The first kappa shape index (κ1) is 26.1. The number of rotatable bonds is 9. The molecular weight excluding hydrogens is 487 g/mol. The smallest absolute Gasteiger partial charge is 0.416 e. The summed E-state index contributed by atoms with van der Waals surface area (Å²) in [5.41, 5.74) is 1.31. The number of hydrogen-bond donors (Lipinski definition) is 1. The van der Waals surface area contributed by atoms with E-state index >= 15 is 0 Å². The van der Waals surface area contributed by atoms with Gasteiger partial charge in [-0.05, 0) is 41.8 Å². The van der Waals surface area contributed by atoms with Crippen molar-refractivity contribution < 1.29 is 32.5 Å². The number of halogens is 3. The fraction of sp³-hybridized carbons (Fsp3) is 0.333. The first-order chi connectivity index (χ1) is 16.1. The van der Waals surface area contributed by atoms with Crippen molar-refractivity contribution in [2.75, 3.05) is 13.7 Å². The lowest BCUT2D eigenvalue weighted by molar-refractivity contribution is -0.143. The minimum absolute atomic E-state index is 0.163. The third-order valence-electron chi connectivity index (χ3n) is 4.93. The molecule has 1 heterocycles. The fourth-order valence-corrected chi connectivity index (χ4v) is 5.21. The van der Waals surface area contributed by atoms with E-state index in [9.17, 15) is 23.1 Å². The normalized spacial score (nSPS) is 11.6. The first-order valence-corrected chi connectivity index (χ1v) is 12.2. The summed E-state index contributed by atoms with van der Waals surface area (Å²) in [6, 6.07) is 10.5. The molecule has 0 saturated heterocycles. The Balaban J connectivity index is 1.75. The summed E-state index contributed by atoms with van der Waals surface area (Å²) in [7, 11) is 1.30. The number of carbonyl (C=O) groups excluding carboxylic acids is 1. The molecule has 0 spiro atoms. The van der Waals surface area contributed by atoms with Crippen molar-refractivity contribution in [1.29, 1.82) is 0 Å². The minimum Gasteiger partial charge on any atom is -0.482 e. The van der Waals surface area contributed by atoms with E-state index < -0.39 is 17.7 Å². The number of aromatic nitrogens is 1. The molecule has 0 amide bonds. The summed E-state index contributed by atoms with van der Waals surface area (Å²) in [5.74, 6) is 0.853. The molecule has 0 aliphatic carbocycles. The van der Waals surface area contributed by atoms with Crippen LogP contribution in [0.25, 0.3) is 10.6 Å². The Morgan fingerprint density at radius 2 is 1.88 bits per heavy atom. The van der Waals surface area contributed by atoms with Gasteiger partial charge in [0.2, 0.25) is 0 Å². The van der Waals surface area contributed by atoms with Crippen molar-refractivity contribution in [3.8, 4) is 16.3 Å². The molecule has 3 aromatic rings. The number of ether oxygens (including phenoxy) is 2. The third-order valence-corrected chi connectivity index (χ3v) is 7.28. The van der Waals surface area contributed by atoms with Gasteiger partial charge < -0.3 is 14.6 Å². The van der Waals surface area contributed by atoms with Crippen LogP contribution in [0.5, 0.6) is 5.75 Å². The molecule has 0 aliphatic heterocycles. The highest BCUT2D eigenvalue weighted by molar-refractivity contribution is 7.98. The van der Waals surface area contributed by atoms with Gasteiger partial charge in [0.15, 0.2) is 6.61 Å². The molecule has 1 aromatic heterocycles. The summed E-state index contributed by atoms with van der Waals surface area (Å²) in [5, 5.41) is 10.3. The van der Waals surface area contributed by atoms with E-state index in [0.717, 1.165) is 27.5 Å². The summed E-state index contributed by atoms with van der Waals surface area (Å²) >= 11 is 2.90. The molecule has 0 fully saturated rings. The second-order valence-electron chi connectivity index (χ2n) is 7.63. The molecule has 182 valence electrons. The van der Waals surface area contributed by atoms with Crippen LogP contribution in [0.1, 0.15) is 41.5 Å². The van der Waals surface area contributed by atoms with E-state index in [1.165, 1.54) is 30.6 Å². The van der Waals surface area contributed by atoms with Gasteiger partial charge >= 0.3 is 12.1 Å². The number of aliphatic hydroxyl groups excluding tert-OH is 1. The summed E-state index contributed by atoms with van der Waals surface area (Å²) in [6.07, 6.45) is -4.39. The fourth-order valence-electron chi connectivity index (χ4n) is 3.09. The van der Waals surface area contributed by atoms with E-state index in [0.29, 0.717) is 27.8 Å². The van der Waals surface area contributed by atoms with E-state index in [4.69, 9.17) is 4.74 Å². The topological polar surface area (TPSA) is 68.7 Å².